The van der Waals surface area contributed by atoms with E-state index in [0.29, 0.717) is 24.9 Å². The van der Waals surface area contributed by atoms with Crippen molar-refractivity contribution in [3.8, 4) is 5.75 Å². The number of amides is 2. The molecule has 1 aromatic heterocycles. The summed E-state index contributed by atoms with van der Waals surface area (Å²) >= 11 is 2.84. The van der Waals surface area contributed by atoms with E-state index in [2.05, 4.69) is 15.5 Å². The van der Waals surface area contributed by atoms with Crippen LogP contribution in [0.4, 0.5) is 10.8 Å². The van der Waals surface area contributed by atoms with Crippen LogP contribution in [0.1, 0.15) is 13.3 Å². The van der Waals surface area contributed by atoms with Crippen molar-refractivity contribution in [2.75, 3.05) is 42.8 Å². The van der Waals surface area contributed by atoms with Gasteiger partial charge < -0.3 is 19.7 Å². The van der Waals surface area contributed by atoms with Gasteiger partial charge in [0.15, 0.2) is 4.34 Å². The van der Waals surface area contributed by atoms with Crippen LogP contribution in [-0.2, 0) is 14.3 Å². The van der Waals surface area contributed by atoms with Gasteiger partial charge in [0.2, 0.25) is 16.9 Å². The Morgan fingerprint density at radius 1 is 1.36 bits per heavy atom. The fourth-order valence-electron chi connectivity index (χ4n) is 2.76. The lowest BCUT2D eigenvalue weighted by Crippen LogP contribution is -2.28. The zero-order valence-electron chi connectivity index (χ0n) is 15.7. The second kappa shape index (κ2) is 9.85. The molecular weight excluding hydrogens is 400 g/mol. The quantitative estimate of drug-likeness (QED) is 0.377. The molecule has 1 aliphatic rings. The molecule has 1 aliphatic heterocycles. The summed E-state index contributed by atoms with van der Waals surface area (Å²) in [6.45, 7) is 3.47. The molecule has 0 bridgehead atoms. The first kappa shape index (κ1) is 20.6. The number of nitrogens with zero attached hydrogens (tertiary/aromatic N) is 3. The Bertz CT molecular complexity index is 812. The van der Waals surface area contributed by atoms with E-state index in [9.17, 15) is 9.59 Å². The van der Waals surface area contributed by atoms with Crippen molar-refractivity contribution in [3.63, 3.8) is 0 Å². The minimum atomic E-state index is -0.424. The highest BCUT2D eigenvalue weighted by molar-refractivity contribution is 8.01. The first-order chi connectivity index (χ1) is 13.6. The smallest absolute Gasteiger partial charge is 0.231 e. The molecule has 10 heteroatoms. The average molecular weight is 423 g/mol. The van der Waals surface area contributed by atoms with Crippen LogP contribution in [0.5, 0.6) is 5.75 Å². The van der Waals surface area contributed by atoms with E-state index in [1.54, 1.807) is 12.0 Å². The second-order valence-electron chi connectivity index (χ2n) is 6.04. The van der Waals surface area contributed by atoms with Crippen LogP contribution >= 0.6 is 23.1 Å². The third-order valence-corrected chi connectivity index (χ3v) is 6.04. The molecule has 2 heterocycles. The van der Waals surface area contributed by atoms with Gasteiger partial charge in [-0.15, -0.1) is 10.2 Å². The SMILES string of the molecule is CCOc1ccc(N2C[C@H](C(=O)Nc3nnc(SCCOC)s3)CC2=O)cc1. The van der Waals surface area contributed by atoms with Gasteiger partial charge in [0.1, 0.15) is 5.75 Å². The van der Waals surface area contributed by atoms with Gasteiger partial charge in [-0.1, -0.05) is 23.1 Å². The lowest BCUT2D eigenvalue weighted by molar-refractivity contribution is -0.122. The minimum Gasteiger partial charge on any atom is -0.494 e. The summed E-state index contributed by atoms with van der Waals surface area (Å²) in [5, 5.41) is 11.2. The summed E-state index contributed by atoms with van der Waals surface area (Å²) in [4.78, 5) is 26.6. The fourth-order valence-corrected chi connectivity index (χ4v) is 4.49. The number of nitrogens with one attached hydrogen (secondary N) is 1. The molecule has 0 saturated carbocycles. The topological polar surface area (TPSA) is 93.7 Å². The maximum absolute atomic E-state index is 12.5. The van der Waals surface area contributed by atoms with Gasteiger partial charge in [-0.25, -0.2) is 0 Å². The molecule has 2 amide bonds. The monoisotopic (exact) mass is 422 g/mol. The number of anilines is 2. The van der Waals surface area contributed by atoms with Gasteiger partial charge in [-0.2, -0.15) is 0 Å². The number of thioether (sulfide) groups is 1. The highest BCUT2D eigenvalue weighted by Gasteiger charge is 2.35. The van der Waals surface area contributed by atoms with E-state index in [0.717, 1.165) is 21.5 Å². The molecule has 0 unspecified atom stereocenters. The molecule has 0 aliphatic carbocycles. The lowest BCUT2D eigenvalue weighted by atomic mass is 10.1. The molecule has 0 spiro atoms. The molecule has 3 rings (SSSR count). The molecule has 1 aromatic carbocycles. The highest BCUT2D eigenvalue weighted by Crippen LogP contribution is 2.29. The molecule has 2 aromatic rings. The van der Waals surface area contributed by atoms with Crippen LogP contribution in [0.15, 0.2) is 28.6 Å². The van der Waals surface area contributed by atoms with E-state index in [4.69, 9.17) is 9.47 Å². The van der Waals surface area contributed by atoms with Crippen molar-refractivity contribution in [3.05, 3.63) is 24.3 Å². The van der Waals surface area contributed by atoms with Crippen LogP contribution in [0.2, 0.25) is 0 Å². The summed E-state index contributed by atoms with van der Waals surface area (Å²) in [6.07, 6.45) is 0.174. The molecule has 1 atom stereocenters. The van der Waals surface area contributed by atoms with Crippen LogP contribution < -0.4 is 15.0 Å². The van der Waals surface area contributed by atoms with Gasteiger partial charge in [0, 0.05) is 31.5 Å². The van der Waals surface area contributed by atoms with E-state index >= 15 is 0 Å². The molecule has 1 saturated heterocycles. The summed E-state index contributed by atoms with van der Waals surface area (Å²) in [6, 6.07) is 7.31. The Labute approximate surface area is 171 Å². The zero-order valence-corrected chi connectivity index (χ0v) is 17.3. The van der Waals surface area contributed by atoms with Gasteiger partial charge in [0.05, 0.1) is 19.1 Å². The van der Waals surface area contributed by atoms with Crippen LogP contribution in [0.25, 0.3) is 0 Å². The van der Waals surface area contributed by atoms with Crippen molar-refractivity contribution < 1.29 is 19.1 Å². The number of hydrogen-bond donors (Lipinski definition) is 1. The number of ether oxygens (including phenoxy) is 2. The third kappa shape index (κ3) is 5.21. The Morgan fingerprint density at radius 2 is 2.14 bits per heavy atom. The van der Waals surface area contributed by atoms with E-state index in [1.165, 1.54) is 23.1 Å². The molecule has 28 heavy (non-hydrogen) atoms. The molecule has 0 radical (unpaired) electrons. The normalized spacial score (nSPS) is 16.4. The zero-order chi connectivity index (χ0) is 19.9. The van der Waals surface area contributed by atoms with Crippen LogP contribution in [-0.4, -0.2) is 54.6 Å². The predicted octanol–water partition coefficient (Wildman–Crippen LogP) is 2.67. The number of carbonyl (C=O) groups is 2. The largest absolute Gasteiger partial charge is 0.494 e. The highest BCUT2D eigenvalue weighted by atomic mass is 32.2. The molecule has 1 N–H and O–H groups in total. The molecule has 1 fully saturated rings. The minimum absolute atomic E-state index is 0.0719. The van der Waals surface area contributed by atoms with Gasteiger partial charge in [0.25, 0.3) is 0 Å². The predicted molar refractivity (Wildman–Crippen MR) is 109 cm³/mol. The third-order valence-electron chi connectivity index (χ3n) is 4.10. The summed E-state index contributed by atoms with van der Waals surface area (Å²) in [5.74, 6) is 0.812. The molecule has 150 valence electrons. The number of benzene rings is 1. The molecular formula is C18H22N4O4S2. The van der Waals surface area contributed by atoms with E-state index in [-0.39, 0.29) is 18.2 Å². The number of aromatic nitrogens is 2. The van der Waals surface area contributed by atoms with Crippen molar-refractivity contribution in [2.45, 2.75) is 17.7 Å². The standard InChI is InChI=1S/C18H22N4O4S2/c1-3-26-14-6-4-13(5-7-14)22-11-12(10-15(22)23)16(24)19-17-20-21-18(28-17)27-9-8-25-2/h4-7,12H,3,8-11H2,1-2H3,(H,19,20,24)/t12-/m1/s1. The summed E-state index contributed by atoms with van der Waals surface area (Å²) in [7, 11) is 1.64. The van der Waals surface area contributed by atoms with Gasteiger partial charge in [-0.05, 0) is 31.2 Å². The van der Waals surface area contributed by atoms with Crippen molar-refractivity contribution in [1.29, 1.82) is 0 Å². The maximum atomic E-state index is 12.5. The maximum Gasteiger partial charge on any atom is 0.231 e. The first-order valence-electron chi connectivity index (χ1n) is 8.90. The Hall–Kier alpha value is -2.17. The van der Waals surface area contributed by atoms with Crippen molar-refractivity contribution >= 4 is 45.7 Å². The van der Waals surface area contributed by atoms with E-state index < -0.39 is 5.92 Å². The second-order valence-corrected chi connectivity index (χ2v) is 8.36. The molecule has 8 nitrogen and oxygen atoms in total. The number of carbonyl (C=O) groups excluding carboxylic acids is 2. The number of rotatable bonds is 9. The Balaban J connectivity index is 1.56. The summed E-state index contributed by atoms with van der Waals surface area (Å²) < 4.78 is 11.2. The number of hydrogen-bond acceptors (Lipinski definition) is 8. The van der Waals surface area contributed by atoms with Crippen LogP contribution in [0, 0.1) is 5.92 Å². The number of methoxy groups -OCH3 is 1. The Kier molecular flexibility index (Phi) is 7.24. The first-order valence-corrected chi connectivity index (χ1v) is 10.7. The van der Waals surface area contributed by atoms with Crippen LogP contribution in [0.3, 0.4) is 0 Å². The van der Waals surface area contributed by atoms with Crippen molar-refractivity contribution in [1.82, 2.24) is 10.2 Å². The fraction of sp³-hybridized carbons (Fsp3) is 0.444. The van der Waals surface area contributed by atoms with Gasteiger partial charge in [-0.3, -0.25) is 9.59 Å². The van der Waals surface area contributed by atoms with E-state index in [1.807, 2.05) is 31.2 Å². The Morgan fingerprint density at radius 3 is 2.86 bits per heavy atom. The van der Waals surface area contributed by atoms with Gasteiger partial charge >= 0.3 is 0 Å². The summed E-state index contributed by atoms with van der Waals surface area (Å²) in [5.41, 5.74) is 0.761. The van der Waals surface area contributed by atoms with Crippen molar-refractivity contribution in [2.24, 2.45) is 5.92 Å². The lowest BCUT2D eigenvalue weighted by Gasteiger charge is -2.17. The average Bonchev–Trinajstić information content (AvgIpc) is 3.29.